The smallest absolute Gasteiger partial charge is 0.339 e. The molecular weight excluding hydrogens is 398 g/mol. The molecule has 0 atom stereocenters. The van der Waals surface area contributed by atoms with Crippen LogP contribution in [0.1, 0.15) is 31.9 Å². The average Bonchev–Trinajstić information content (AvgIpc) is 2.93. The van der Waals surface area contributed by atoms with Crippen LogP contribution in [-0.2, 0) is 20.3 Å². The molecule has 0 radical (unpaired) electrons. The van der Waals surface area contributed by atoms with Gasteiger partial charge in [-0.2, -0.15) is 8.42 Å². The van der Waals surface area contributed by atoms with Gasteiger partial charge in [-0.15, -0.1) is 0 Å². The largest absolute Gasteiger partial charge is 0.378 e. The summed E-state index contributed by atoms with van der Waals surface area (Å²) >= 11 is 0.752. The van der Waals surface area contributed by atoms with Gasteiger partial charge in [-0.25, -0.2) is 0 Å². The molecular formula is C20H19NO5S2. The van der Waals surface area contributed by atoms with Gasteiger partial charge in [0.1, 0.15) is 10.6 Å². The summed E-state index contributed by atoms with van der Waals surface area (Å²) in [6.07, 6.45) is 1.43. The van der Waals surface area contributed by atoms with Crippen molar-refractivity contribution >= 4 is 39.1 Å². The Kier molecular flexibility index (Phi) is 5.36. The van der Waals surface area contributed by atoms with E-state index in [0.717, 1.165) is 17.3 Å². The molecule has 0 bridgehead atoms. The molecule has 0 aliphatic carbocycles. The SMILES string of the molecule is CC(C)(C)c1ccc(S(=O)(=O)Oc2ccccc2/C=C2\SC(=O)NC2=O)cc1. The van der Waals surface area contributed by atoms with E-state index in [9.17, 15) is 18.0 Å². The van der Waals surface area contributed by atoms with Gasteiger partial charge in [0.05, 0.1) is 4.91 Å². The highest BCUT2D eigenvalue weighted by atomic mass is 32.2. The third-order valence-electron chi connectivity index (χ3n) is 4.06. The van der Waals surface area contributed by atoms with Crippen molar-refractivity contribution in [2.45, 2.75) is 31.1 Å². The second-order valence-corrected chi connectivity index (χ2v) is 9.76. The Balaban J connectivity index is 1.90. The van der Waals surface area contributed by atoms with Crippen LogP contribution in [0.3, 0.4) is 0 Å². The quantitative estimate of drug-likeness (QED) is 0.596. The summed E-state index contributed by atoms with van der Waals surface area (Å²) in [4.78, 5) is 23.3. The first-order chi connectivity index (χ1) is 13.1. The van der Waals surface area contributed by atoms with Crippen LogP contribution in [0.2, 0.25) is 0 Å². The number of para-hydroxylation sites is 1. The van der Waals surface area contributed by atoms with Crippen molar-refractivity contribution in [1.82, 2.24) is 5.32 Å². The molecule has 1 aliphatic heterocycles. The number of nitrogens with one attached hydrogen (secondary N) is 1. The maximum absolute atomic E-state index is 12.7. The second-order valence-electron chi connectivity index (χ2n) is 7.20. The first kappa shape index (κ1) is 20.2. The van der Waals surface area contributed by atoms with Crippen molar-refractivity contribution in [3.63, 3.8) is 0 Å². The Labute approximate surface area is 168 Å². The number of carbonyl (C=O) groups is 2. The minimum absolute atomic E-state index is 0.0334. The van der Waals surface area contributed by atoms with Crippen LogP contribution in [0.15, 0.2) is 58.3 Å². The standard InChI is InChI=1S/C20H19NO5S2/c1-20(2,3)14-8-10-15(11-9-14)28(24,25)26-16-7-5-4-6-13(16)12-17-18(22)21-19(23)27-17/h4-12H,1-3H3,(H,21,22,23)/b17-12-. The van der Waals surface area contributed by atoms with E-state index in [1.54, 1.807) is 30.3 Å². The predicted molar refractivity (Wildman–Crippen MR) is 109 cm³/mol. The van der Waals surface area contributed by atoms with Crippen molar-refractivity contribution in [3.05, 3.63) is 64.6 Å². The van der Waals surface area contributed by atoms with E-state index in [2.05, 4.69) is 5.32 Å². The van der Waals surface area contributed by atoms with Crippen LogP contribution in [0.5, 0.6) is 5.75 Å². The van der Waals surface area contributed by atoms with Crippen molar-refractivity contribution in [2.24, 2.45) is 0 Å². The van der Waals surface area contributed by atoms with E-state index in [1.165, 1.54) is 24.3 Å². The topological polar surface area (TPSA) is 89.5 Å². The van der Waals surface area contributed by atoms with Crippen LogP contribution < -0.4 is 9.50 Å². The molecule has 0 unspecified atom stereocenters. The van der Waals surface area contributed by atoms with Crippen LogP contribution in [0.25, 0.3) is 6.08 Å². The Morgan fingerprint density at radius 2 is 1.64 bits per heavy atom. The normalized spacial score (nSPS) is 16.3. The Morgan fingerprint density at radius 1 is 1.00 bits per heavy atom. The summed E-state index contributed by atoms with van der Waals surface area (Å²) < 4.78 is 30.7. The van der Waals surface area contributed by atoms with Gasteiger partial charge in [0.25, 0.3) is 11.1 Å². The highest BCUT2D eigenvalue weighted by Gasteiger charge is 2.26. The van der Waals surface area contributed by atoms with Crippen LogP contribution in [0.4, 0.5) is 4.79 Å². The maximum atomic E-state index is 12.7. The molecule has 1 saturated heterocycles. The van der Waals surface area contributed by atoms with Crippen molar-refractivity contribution in [1.29, 1.82) is 0 Å². The molecule has 0 aromatic heterocycles. The third kappa shape index (κ3) is 4.45. The van der Waals surface area contributed by atoms with Crippen molar-refractivity contribution < 1.29 is 22.2 Å². The van der Waals surface area contributed by atoms with E-state index < -0.39 is 21.3 Å². The summed E-state index contributed by atoms with van der Waals surface area (Å²) in [6, 6.07) is 13.0. The van der Waals surface area contributed by atoms with Crippen LogP contribution >= 0.6 is 11.8 Å². The van der Waals surface area contributed by atoms with Gasteiger partial charge in [0, 0.05) is 5.56 Å². The minimum Gasteiger partial charge on any atom is -0.378 e. The van der Waals surface area contributed by atoms with E-state index >= 15 is 0 Å². The lowest BCUT2D eigenvalue weighted by atomic mass is 9.87. The number of amides is 2. The molecule has 1 aliphatic rings. The van der Waals surface area contributed by atoms with Gasteiger partial charge in [-0.3, -0.25) is 14.9 Å². The fourth-order valence-corrected chi connectivity index (χ4v) is 4.15. The fraction of sp³-hybridized carbons (Fsp3) is 0.200. The lowest BCUT2D eigenvalue weighted by Gasteiger charge is -2.19. The molecule has 0 saturated carbocycles. The Hall–Kier alpha value is -2.58. The van der Waals surface area contributed by atoms with Crippen LogP contribution in [0, 0.1) is 0 Å². The monoisotopic (exact) mass is 417 g/mol. The van der Waals surface area contributed by atoms with E-state index in [-0.39, 0.29) is 21.0 Å². The summed E-state index contributed by atoms with van der Waals surface area (Å²) in [7, 11) is -4.06. The summed E-state index contributed by atoms with van der Waals surface area (Å²) in [5, 5.41) is 1.68. The highest BCUT2D eigenvalue weighted by molar-refractivity contribution is 8.18. The number of hydrogen-bond donors (Lipinski definition) is 1. The zero-order valence-corrected chi connectivity index (χ0v) is 17.2. The molecule has 146 valence electrons. The van der Waals surface area contributed by atoms with Gasteiger partial charge in [-0.05, 0) is 47.0 Å². The summed E-state index contributed by atoms with van der Waals surface area (Å²) in [5.74, 6) is -0.451. The van der Waals surface area contributed by atoms with Gasteiger partial charge < -0.3 is 4.18 Å². The van der Waals surface area contributed by atoms with E-state index in [4.69, 9.17) is 4.18 Å². The summed E-state index contributed by atoms with van der Waals surface area (Å²) in [5.41, 5.74) is 1.29. The van der Waals surface area contributed by atoms with E-state index in [1.807, 2.05) is 20.8 Å². The van der Waals surface area contributed by atoms with Crippen molar-refractivity contribution in [3.8, 4) is 5.75 Å². The molecule has 2 aromatic carbocycles. The molecule has 28 heavy (non-hydrogen) atoms. The maximum Gasteiger partial charge on any atom is 0.339 e. The molecule has 8 heteroatoms. The zero-order chi connectivity index (χ0) is 20.5. The van der Waals surface area contributed by atoms with E-state index in [0.29, 0.717) is 5.56 Å². The second kappa shape index (κ2) is 7.44. The molecule has 1 N–H and O–H groups in total. The molecule has 6 nitrogen and oxygen atoms in total. The number of thioether (sulfide) groups is 1. The fourth-order valence-electron chi connectivity index (χ4n) is 2.53. The van der Waals surface area contributed by atoms with Gasteiger partial charge in [0.15, 0.2) is 0 Å². The number of imide groups is 1. The lowest BCUT2D eigenvalue weighted by molar-refractivity contribution is -0.115. The van der Waals surface area contributed by atoms with Gasteiger partial charge >= 0.3 is 10.1 Å². The van der Waals surface area contributed by atoms with Gasteiger partial charge in [-0.1, -0.05) is 51.1 Å². The first-order valence-corrected chi connectivity index (χ1v) is 10.7. The Bertz CT molecular complexity index is 1060. The Morgan fingerprint density at radius 3 is 2.21 bits per heavy atom. The first-order valence-electron chi connectivity index (χ1n) is 8.45. The predicted octanol–water partition coefficient (Wildman–Crippen LogP) is 4.08. The molecule has 0 spiro atoms. The average molecular weight is 418 g/mol. The molecule has 2 amide bonds. The zero-order valence-electron chi connectivity index (χ0n) is 15.6. The molecule has 1 heterocycles. The molecule has 3 rings (SSSR count). The highest BCUT2D eigenvalue weighted by Crippen LogP contribution is 2.31. The lowest BCUT2D eigenvalue weighted by Crippen LogP contribution is -2.17. The van der Waals surface area contributed by atoms with Crippen molar-refractivity contribution in [2.75, 3.05) is 0 Å². The molecule has 2 aromatic rings. The third-order valence-corrected chi connectivity index (χ3v) is 6.12. The molecule has 1 fully saturated rings. The summed E-state index contributed by atoms with van der Waals surface area (Å²) in [6.45, 7) is 6.12. The number of hydrogen-bond acceptors (Lipinski definition) is 6. The number of carbonyl (C=O) groups excluding carboxylic acids is 2. The number of benzene rings is 2. The van der Waals surface area contributed by atoms with Crippen LogP contribution in [-0.4, -0.2) is 19.6 Å². The van der Waals surface area contributed by atoms with Gasteiger partial charge in [0.2, 0.25) is 0 Å². The minimum atomic E-state index is -4.06. The number of rotatable bonds is 4.